The molecular formula is C20H22ClN3O. The number of rotatable bonds is 4. The van der Waals surface area contributed by atoms with E-state index in [2.05, 4.69) is 9.88 Å². The fourth-order valence-corrected chi connectivity index (χ4v) is 3.74. The van der Waals surface area contributed by atoms with Gasteiger partial charge >= 0.3 is 0 Å². The zero-order valence-electron chi connectivity index (χ0n) is 14.1. The van der Waals surface area contributed by atoms with E-state index in [1.165, 1.54) is 0 Å². The third kappa shape index (κ3) is 3.64. The summed E-state index contributed by atoms with van der Waals surface area (Å²) in [7, 11) is 0. The van der Waals surface area contributed by atoms with Crippen LogP contribution in [-0.2, 0) is 4.79 Å². The van der Waals surface area contributed by atoms with E-state index in [0.717, 1.165) is 55.4 Å². The SMILES string of the molecule is O=C(C(c1ccc(Cl)cc1)C1CC1)N1CCN(c2ccccn2)CC1. The van der Waals surface area contributed by atoms with Crippen LogP contribution in [0.25, 0.3) is 0 Å². The summed E-state index contributed by atoms with van der Waals surface area (Å²) in [6, 6.07) is 13.7. The maximum absolute atomic E-state index is 13.2. The predicted octanol–water partition coefficient (Wildman–Crippen LogP) is 3.58. The molecule has 0 bridgehead atoms. The van der Waals surface area contributed by atoms with Gasteiger partial charge in [-0.15, -0.1) is 0 Å². The van der Waals surface area contributed by atoms with Gasteiger partial charge in [0.1, 0.15) is 5.82 Å². The number of anilines is 1. The second-order valence-corrected chi connectivity index (χ2v) is 7.30. The second-order valence-electron chi connectivity index (χ2n) is 6.87. The number of nitrogens with zero attached hydrogens (tertiary/aromatic N) is 3. The highest BCUT2D eigenvalue weighted by Gasteiger charge is 2.39. The van der Waals surface area contributed by atoms with Crippen LogP contribution in [0.15, 0.2) is 48.7 Å². The smallest absolute Gasteiger partial charge is 0.230 e. The molecule has 130 valence electrons. The predicted molar refractivity (Wildman–Crippen MR) is 99.9 cm³/mol. The number of piperazine rings is 1. The number of carbonyl (C=O) groups is 1. The Kier molecular flexibility index (Phi) is 4.62. The van der Waals surface area contributed by atoms with Gasteiger partial charge in [0.05, 0.1) is 5.92 Å². The molecule has 1 aliphatic heterocycles. The molecule has 2 aliphatic rings. The van der Waals surface area contributed by atoms with E-state index in [1.54, 1.807) is 0 Å². The maximum atomic E-state index is 13.2. The molecule has 0 N–H and O–H groups in total. The number of amides is 1. The standard InChI is InChI=1S/C20H22ClN3O/c21-17-8-6-16(7-9-17)19(15-4-5-15)20(25)24-13-11-23(12-14-24)18-3-1-2-10-22-18/h1-3,6-10,15,19H,4-5,11-14H2. The van der Waals surface area contributed by atoms with Crippen molar-refractivity contribution in [3.8, 4) is 0 Å². The zero-order chi connectivity index (χ0) is 17.2. The van der Waals surface area contributed by atoms with E-state index >= 15 is 0 Å². The molecule has 2 fully saturated rings. The molecule has 0 radical (unpaired) electrons. The summed E-state index contributed by atoms with van der Waals surface area (Å²) in [4.78, 5) is 21.9. The first-order valence-corrected chi connectivity index (χ1v) is 9.30. The first kappa shape index (κ1) is 16.4. The Morgan fingerprint density at radius 3 is 2.36 bits per heavy atom. The van der Waals surface area contributed by atoms with E-state index < -0.39 is 0 Å². The molecule has 2 aromatic rings. The fraction of sp³-hybridized carbons (Fsp3) is 0.400. The largest absolute Gasteiger partial charge is 0.353 e. The van der Waals surface area contributed by atoms with Gasteiger partial charge in [-0.1, -0.05) is 29.8 Å². The molecule has 1 amide bonds. The van der Waals surface area contributed by atoms with Crippen molar-refractivity contribution in [3.05, 3.63) is 59.2 Å². The minimum Gasteiger partial charge on any atom is -0.353 e. The van der Waals surface area contributed by atoms with Gasteiger partial charge in [-0.3, -0.25) is 4.79 Å². The number of hydrogen-bond acceptors (Lipinski definition) is 3. The molecular weight excluding hydrogens is 334 g/mol. The molecule has 1 aliphatic carbocycles. The lowest BCUT2D eigenvalue weighted by Crippen LogP contribution is -2.50. The minimum atomic E-state index is -0.0151. The third-order valence-electron chi connectivity index (χ3n) is 5.15. The number of pyridine rings is 1. The second kappa shape index (κ2) is 7.04. The molecule has 0 spiro atoms. The van der Waals surface area contributed by atoms with Gasteiger partial charge in [-0.25, -0.2) is 4.98 Å². The van der Waals surface area contributed by atoms with Crippen molar-refractivity contribution in [3.63, 3.8) is 0 Å². The molecule has 1 saturated heterocycles. The number of halogens is 1. The summed E-state index contributed by atoms with van der Waals surface area (Å²) in [5, 5.41) is 0.717. The topological polar surface area (TPSA) is 36.4 Å². The van der Waals surface area contributed by atoms with Crippen molar-refractivity contribution < 1.29 is 4.79 Å². The summed E-state index contributed by atoms with van der Waals surface area (Å²) < 4.78 is 0. The van der Waals surface area contributed by atoms with Crippen molar-refractivity contribution in [2.45, 2.75) is 18.8 Å². The Morgan fingerprint density at radius 2 is 1.76 bits per heavy atom. The van der Waals surface area contributed by atoms with Gasteiger partial charge in [-0.2, -0.15) is 0 Å². The quantitative estimate of drug-likeness (QED) is 0.841. The fourth-order valence-electron chi connectivity index (χ4n) is 3.61. The molecule has 4 nitrogen and oxygen atoms in total. The summed E-state index contributed by atoms with van der Waals surface area (Å²) in [5.41, 5.74) is 1.10. The molecule has 4 rings (SSSR count). The monoisotopic (exact) mass is 355 g/mol. The lowest BCUT2D eigenvalue weighted by Gasteiger charge is -2.37. The molecule has 1 aromatic carbocycles. The highest BCUT2D eigenvalue weighted by molar-refractivity contribution is 6.30. The molecule has 2 heterocycles. The average molecular weight is 356 g/mol. The normalized spacial score (nSPS) is 18.9. The van der Waals surface area contributed by atoms with Crippen LogP contribution in [0.2, 0.25) is 5.02 Å². The molecule has 1 atom stereocenters. The van der Waals surface area contributed by atoms with Crippen molar-refractivity contribution in [1.29, 1.82) is 0 Å². The van der Waals surface area contributed by atoms with Gasteiger partial charge in [0.2, 0.25) is 5.91 Å². The molecule has 5 heteroatoms. The van der Waals surface area contributed by atoms with Crippen LogP contribution < -0.4 is 4.90 Å². The Labute approximate surface area is 153 Å². The zero-order valence-corrected chi connectivity index (χ0v) is 14.9. The maximum Gasteiger partial charge on any atom is 0.230 e. The van der Waals surface area contributed by atoms with Crippen molar-refractivity contribution in [2.75, 3.05) is 31.1 Å². The Morgan fingerprint density at radius 1 is 1.04 bits per heavy atom. The summed E-state index contributed by atoms with van der Waals surface area (Å²) >= 11 is 6.01. The lowest BCUT2D eigenvalue weighted by molar-refractivity contribution is -0.133. The molecule has 25 heavy (non-hydrogen) atoms. The summed E-state index contributed by atoms with van der Waals surface area (Å²) in [6.45, 7) is 3.18. The average Bonchev–Trinajstić information content (AvgIpc) is 3.49. The molecule has 1 saturated carbocycles. The van der Waals surface area contributed by atoms with E-state index in [4.69, 9.17) is 11.6 Å². The number of aromatic nitrogens is 1. The summed E-state index contributed by atoms with van der Waals surface area (Å²) in [6.07, 6.45) is 4.11. The number of hydrogen-bond donors (Lipinski definition) is 0. The van der Waals surface area contributed by atoms with E-state index in [9.17, 15) is 4.79 Å². The number of carbonyl (C=O) groups excluding carboxylic acids is 1. The Bertz CT molecular complexity index is 722. The van der Waals surface area contributed by atoms with Gasteiger partial charge < -0.3 is 9.80 Å². The van der Waals surface area contributed by atoms with Crippen LogP contribution in [0.5, 0.6) is 0 Å². The van der Waals surface area contributed by atoms with Crippen molar-refractivity contribution in [1.82, 2.24) is 9.88 Å². The van der Waals surface area contributed by atoms with Gasteiger partial charge in [0.25, 0.3) is 0 Å². The first-order chi connectivity index (χ1) is 12.2. The lowest BCUT2D eigenvalue weighted by atomic mass is 9.92. The highest BCUT2D eigenvalue weighted by Crippen LogP contribution is 2.44. The first-order valence-electron chi connectivity index (χ1n) is 8.92. The van der Waals surface area contributed by atoms with Crippen LogP contribution in [-0.4, -0.2) is 42.0 Å². The van der Waals surface area contributed by atoms with E-state index in [1.807, 2.05) is 53.6 Å². The summed E-state index contributed by atoms with van der Waals surface area (Å²) in [5.74, 6) is 1.73. The van der Waals surface area contributed by atoms with Crippen molar-refractivity contribution >= 4 is 23.3 Å². The minimum absolute atomic E-state index is 0.0151. The van der Waals surface area contributed by atoms with E-state index in [-0.39, 0.29) is 11.8 Å². The van der Waals surface area contributed by atoms with Crippen LogP contribution in [0.4, 0.5) is 5.82 Å². The van der Waals surface area contributed by atoms with E-state index in [0.29, 0.717) is 5.92 Å². The molecule has 1 aromatic heterocycles. The highest BCUT2D eigenvalue weighted by atomic mass is 35.5. The third-order valence-corrected chi connectivity index (χ3v) is 5.41. The Hall–Kier alpha value is -2.07. The van der Waals surface area contributed by atoms with Gasteiger partial charge in [0, 0.05) is 37.4 Å². The van der Waals surface area contributed by atoms with Crippen LogP contribution in [0, 0.1) is 5.92 Å². The van der Waals surface area contributed by atoms with Gasteiger partial charge in [0.15, 0.2) is 0 Å². The Balaban J connectivity index is 1.44. The van der Waals surface area contributed by atoms with Crippen LogP contribution >= 0.6 is 11.6 Å². The van der Waals surface area contributed by atoms with Crippen LogP contribution in [0.3, 0.4) is 0 Å². The molecule has 1 unspecified atom stereocenters. The number of benzene rings is 1. The van der Waals surface area contributed by atoms with Crippen molar-refractivity contribution in [2.24, 2.45) is 5.92 Å². The van der Waals surface area contributed by atoms with Crippen LogP contribution in [0.1, 0.15) is 24.3 Å². The van der Waals surface area contributed by atoms with Gasteiger partial charge in [-0.05, 0) is 48.6 Å².